The van der Waals surface area contributed by atoms with Gasteiger partial charge in [0.15, 0.2) is 0 Å². The zero-order valence-electron chi connectivity index (χ0n) is 19.2. The van der Waals surface area contributed by atoms with Crippen molar-refractivity contribution in [3.8, 4) is 0 Å². The van der Waals surface area contributed by atoms with Crippen LogP contribution in [0.3, 0.4) is 0 Å². The van der Waals surface area contributed by atoms with Crippen LogP contribution in [0.15, 0.2) is 53.4 Å². The van der Waals surface area contributed by atoms with Crippen LogP contribution in [0.4, 0.5) is 4.39 Å². The van der Waals surface area contributed by atoms with E-state index in [1.54, 1.807) is 46.2 Å². The van der Waals surface area contributed by atoms with Gasteiger partial charge in [-0.1, -0.05) is 18.2 Å². The number of carbonyl (C=O) groups is 2. The number of hydrogen-bond acceptors (Lipinski definition) is 4. The summed E-state index contributed by atoms with van der Waals surface area (Å²) >= 11 is 0. The van der Waals surface area contributed by atoms with Gasteiger partial charge in [-0.05, 0) is 30.3 Å². The van der Waals surface area contributed by atoms with Crippen molar-refractivity contribution in [3.63, 3.8) is 0 Å². The van der Waals surface area contributed by atoms with Gasteiger partial charge in [0.25, 0.3) is 0 Å². The van der Waals surface area contributed by atoms with Gasteiger partial charge in [0.1, 0.15) is 5.82 Å². The van der Waals surface area contributed by atoms with Gasteiger partial charge in [-0.2, -0.15) is 4.31 Å². The molecule has 0 unspecified atom stereocenters. The van der Waals surface area contributed by atoms with E-state index in [-0.39, 0.29) is 48.5 Å². The Labute approximate surface area is 203 Å². The predicted molar refractivity (Wildman–Crippen MR) is 128 cm³/mol. The number of H-pyrrole nitrogens is 1. The third kappa shape index (κ3) is 4.68. The second-order valence-electron chi connectivity index (χ2n) is 8.94. The second-order valence-corrected chi connectivity index (χ2v) is 10.9. The number of benzene rings is 2. The molecule has 2 aromatic carbocycles. The molecule has 2 aliphatic rings. The van der Waals surface area contributed by atoms with E-state index >= 15 is 0 Å². The molecule has 0 spiro atoms. The lowest BCUT2D eigenvalue weighted by atomic mass is 10.0. The summed E-state index contributed by atoms with van der Waals surface area (Å²) < 4.78 is 40.7. The highest BCUT2D eigenvalue weighted by molar-refractivity contribution is 7.89. The van der Waals surface area contributed by atoms with Crippen LogP contribution in [0.5, 0.6) is 0 Å². The molecule has 1 aromatic heterocycles. The number of fused-ring (bicyclic) bond motifs is 3. The fourth-order valence-corrected chi connectivity index (χ4v) is 6.29. The van der Waals surface area contributed by atoms with Crippen LogP contribution >= 0.6 is 0 Å². The summed E-state index contributed by atoms with van der Waals surface area (Å²) in [5.74, 6) is -0.577. The minimum absolute atomic E-state index is 0.0795. The van der Waals surface area contributed by atoms with Crippen molar-refractivity contribution in [1.82, 2.24) is 19.1 Å². The molecule has 1 fully saturated rings. The van der Waals surface area contributed by atoms with Crippen molar-refractivity contribution < 1.29 is 22.4 Å². The number of rotatable bonds is 5. The first-order valence-corrected chi connectivity index (χ1v) is 13.2. The van der Waals surface area contributed by atoms with Crippen LogP contribution in [0.25, 0.3) is 10.9 Å². The SMILES string of the molecule is O=C(CCC(=O)N1CCc2[nH]c3ccc(F)cc3c2C1)N1CCN(S(=O)(=O)c2ccccc2)CC1. The van der Waals surface area contributed by atoms with E-state index in [2.05, 4.69) is 4.98 Å². The maximum atomic E-state index is 13.7. The van der Waals surface area contributed by atoms with Crippen LogP contribution in [-0.2, 0) is 32.6 Å². The molecule has 1 saturated heterocycles. The fourth-order valence-electron chi connectivity index (χ4n) is 4.85. The van der Waals surface area contributed by atoms with Crippen molar-refractivity contribution in [2.24, 2.45) is 0 Å². The van der Waals surface area contributed by atoms with Crippen molar-refractivity contribution in [1.29, 1.82) is 0 Å². The molecule has 0 atom stereocenters. The molecule has 5 rings (SSSR count). The topological polar surface area (TPSA) is 93.8 Å². The van der Waals surface area contributed by atoms with E-state index in [1.807, 2.05) is 0 Å². The van der Waals surface area contributed by atoms with Gasteiger partial charge in [0.05, 0.1) is 4.90 Å². The highest BCUT2D eigenvalue weighted by Gasteiger charge is 2.30. The third-order valence-corrected chi connectivity index (χ3v) is 8.73. The Morgan fingerprint density at radius 2 is 1.57 bits per heavy atom. The average molecular weight is 499 g/mol. The summed E-state index contributed by atoms with van der Waals surface area (Å²) in [4.78, 5) is 32.5. The standard InChI is InChI=1S/C25H27FN4O4S/c26-18-6-7-22-20(16-18)21-17-29(11-10-23(21)27-22)25(32)9-8-24(31)28-12-14-30(15-13-28)35(33,34)19-4-2-1-3-5-19/h1-7,16,27H,8-15,17H2. The van der Waals surface area contributed by atoms with Gasteiger partial charge in [0.2, 0.25) is 21.8 Å². The molecule has 35 heavy (non-hydrogen) atoms. The summed E-state index contributed by atoms with van der Waals surface area (Å²) in [6.45, 7) is 1.99. The maximum Gasteiger partial charge on any atom is 0.243 e. The second kappa shape index (κ2) is 9.43. The summed E-state index contributed by atoms with van der Waals surface area (Å²) in [7, 11) is -3.58. The van der Waals surface area contributed by atoms with Crippen LogP contribution in [0.2, 0.25) is 0 Å². The van der Waals surface area contributed by atoms with Crippen molar-refractivity contribution in [3.05, 3.63) is 65.6 Å². The van der Waals surface area contributed by atoms with Gasteiger partial charge in [-0.15, -0.1) is 0 Å². The molecule has 3 aromatic rings. The Morgan fingerprint density at radius 3 is 2.29 bits per heavy atom. The Bertz CT molecular complexity index is 1360. The maximum absolute atomic E-state index is 13.7. The summed E-state index contributed by atoms with van der Waals surface area (Å²) in [5.41, 5.74) is 2.81. The van der Waals surface area contributed by atoms with E-state index in [9.17, 15) is 22.4 Å². The number of halogens is 1. The van der Waals surface area contributed by atoms with Gasteiger partial charge in [-0.25, -0.2) is 12.8 Å². The van der Waals surface area contributed by atoms with E-state index in [1.165, 1.54) is 16.4 Å². The van der Waals surface area contributed by atoms with Gasteiger partial charge in [0, 0.05) is 80.7 Å². The molecule has 1 N–H and O–H groups in total. The first-order valence-electron chi connectivity index (χ1n) is 11.7. The Balaban J connectivity index is 1.14. The first kappa shape index (κ1) is 23.5. The quantitative estimate of drug-likeness (QED) is 0.585. The highest BCUT2D eigenvalue weighted by Crippen LogP contribution is 2.28. The molecule has 0 saturated carbocycles. The van der Waals surface area contributed by atoms with Crippen molar-refractivity contribution in [2.45, 2.75) is 30.7 Å². The smallest absolute Gasteiger partial charge is 0.243 e. The number of aromatic nitrogens is 1. The molecule has 0 aliphatic carbocycles. The molecule has 8 nitrogen and oxygen atoms in total. The van der Waals surface area contributed by atoms with Gasteiger partial charge >= 0.3 is 0 Å². The Morgan fingerprint density at radius 1 is 0.886 bits per heavy atom. The zero-order valence-corrected chi connectivity index (χ0v) is 20.1. The molecule has 0 bridgehead atoms. The minimum atomic E-state index is -3.58. The number of amides is 2. The highest BCUT2D eigenvalue weighted by atomic mass is 32.2. The predicted octanol–water partition coefficient (Wildman–Crippen LogP) is 2.51. The van der Waals surface area contributed by atoms with E-state index in [4.69, 9.17) is 0 Å². The average Bonchev–Trinajstić information content (AvgIpc) is 3.24. The molecule has 3 heterocycles. The van der Waals surface area contributed by atoms with Crippen LogP contribution < -0.4 is 0 Å². The molecule has 0 radical (unpaired) electrons. The van der Waals surface area contributed by atoms with Crippen LogP contribution in [0.1, 0.15) is 24.1 Å². The number of carbonyl (C=O) groups excluding carboxylic acids is 2. The summed E-state index contributed by atoms with van der Waals surface area (Å²) in [5, 5.41) is 0.789. The largest absolute Gasteiger partial charge is 0.358 e. The summed E-state index contributed by atoms with van der Waals surface area (Å²) in [6.07, 6.45) is 0.826. The molecular formula is C25H27FN4O4S. The van der Waals surface area contributed by atoms with E-state index in [0.29, 0.717) is 32.6 Å². The van der Waals surface area contributed by atoms with E-state index < -0.39 is 10.0 Å². The number of nitrogens with zero attached hydrogens (tertiary/aromatic N) is 3. The summed E-state index contributed by atoms with van der Waals surface area (Å²) in [6, 6.07) is 12.9. The Hall–Kier alpha value is -3.24. The number of sulfonamides is 1. The molecule has 2 amide bonds. The lowest BCUT2D eigenvalue weighted by Gasteiger charge is -2.34. The zero-order chi connectivity index (χ0) is 24.6. The van der Waals surface area contributed by atoms with Gasteiger partial charge < -0.3 is 14.8 Å². The molecule has 184 valence electrons. The minimum Gasteiger partial charge on any atom is -0.358 e. The number of aromatic amines is 1. The van der Waals surface area contributed by atoms with Crippen molar-refractivity contribution in [2.75, 3.05) is 32.7 Å². The number of piperazine rings is 1. The third-order valence-electron chi connectivity index (χ3n) is 6.82. The monoisotopic (exact) mass is 498 g/mol. The van der Waals surface area contributed by atoms with E-state index in [0.717, 1.165) is 22.2 Å². The lowest BCUT2D eigenvalue weighted by molar-refractivity contribution is -0.138. The normalized spacial score (nSPS) is 16.9. The first-order chi connectivity index (χ1) is 16.8. The van der Waals surface area contributed by atoms with Crippen LogP contribution in [0, 0.1) is 5.82 Å². The number of hydrogen-bond donors (Lipinski definition) is 1. The number of nitrogens with one attached hydrogen (secondary N) is 1. The molecular weight excluding hydrogens is 471 g/mol. The Kier molecular flexibility index (Phi) is 6.33. The van der Waals surface area contributed by atoms with Crippen LogP contribution in [-0.4, -0.2) is 72.0 Å². The molecule has 10 heteroatoms. The van der Waals surface area contributed by atoms with Gasteiger partial charge in [-0.3, -0.25) is 9.59 Å². The van der Waals surface area contributed by atoms with Crippen molar-refractivity contribution >= 4 is 32.7 Å². The molecule has 2 aliphatic heterocycles. The lowest BCUT2D eigenvalue weighted by Crippen LogP contribution is -2.50. The fraction of sp³-hybridized carbons (Fsp3) is 0.360.